The molecular formula is C13H19ClN2O2. The van der Waals surface area contributed by atoms with Crippen molar-refractivity contribution < 1.29 is 9.84 Å². The van der Waals surface area contributed by atoms with Crippen molar-refractivity contribution in [3.8, 4) is 0 Å². The van der Waals surface area contributed by atoms with E-state index in [9.17, 15) is 0 Å². The number of hydrogen-bond acceptors (Lipinski definition) is 4. The SMILES string of the molecule is CC1CN(c2ncc(CO)cc2Cl)CC(C)(C)O1. The molecule has 1 aliphatic heterocycles. The lowest BCUT2D eigenvalue weighted by Gasteiger charge is -2.42. The van der Waals surface area contributed by atoms with Gasteiger partial charge in [-0.2, -0.15) is 0 Å². The second-order valence-electron chi connectivity index (χ2n) is 5.38. The second-order valence-corrected chi connectivity index (χ2v) is 5.78. The normalized spacial score (nSPS) is 23.2. The average molecular weight is 271 g/mol. The molecule has 1 aliphatic rings. The van der Waals surface area contributed by atoms with Gasteiger partial charge in [0.25, 0.3) is 0 Å². The molecule has 1 fully saturated rings. The summed E-state index contributed by atoms with van der Waals surface area (Å²) in [6.45, 7) is 7.65. The van der Waals surface area contributed by atoms with Crippen LogP contribution >= 0.6 is 11.6 Å². The van der Waals surface area contributed by atoms with E-state index >= 15 is 0 Å². The van der Waals surface area contributed by atoms with Gasteiger partial charge in [0.1, 0.15) is 5.82 Å². The minimum atomic E-state index is -0.210. The Labute approximate surface area is 113 Å². The Hall–Kier alpha value is -0.840. The number of ether oxygens (including phenoxy) is 1. The standard InChI is InChI=1S/C13H19ClN2O2/c1-9-6-16(8-13(2,3)18-9)12-11(14)4-10(7-17)5-15-12/h4-5,9,17H,6-8H2,1-3H3. The molecule has 4 nitrogen and oxygen atoms in total. The molecule has 1 saturated heterocycles. The molecule has 0 aromatic carbocycles. The van der Waals surface area contributed by atoms with E-state index in [-0.39, 0.29) is 18.3 Å². The van der Waals surface area contributed by atoms with Crippen molar-refractivity contribution in [2.24, 2.45) is 0 Å². The molecule has 1 N–H and O–H groups in total. The van der Waals surface area contributed by atoms with Crippen molar-refractivity contribution in [3.63, 3.8) is 0 Å². The molecule has 1 unspecified atom stereocenters. The van der Waals surface area contributed by atoms with Gasteiger partial charge in [-0.05, 0) is 32.4 Å². The molecule has 0 saturated carbocycles. The summed E-state index contributed by atoms with van der Waals surface area (Å²) in [5, 5.41) is 9.63. The Bertz CT molecular complexity index is 437. The molecule has 0 bridgehead atoms. The maximum atomic E-state index is 9.06. The highest BCUT2D eigenvalue weighted by molar-refractivity contribution is 6.33. The van der Waals surface area contributed by atoms with Gasteiger partial charge in [-0.25, -0.2) is 4.98 Å². The Morgan fingerprint density at radius 3 is 2.89 bits per heavy atom. The largest absolute Gasteiger partial charge is 0.392 e. The zero-order valence-corrected chi connectivity index (χ0v) is 11.7. The number of pyridine rings is 1. The van der Waals surface area contributed by atoms with Crippen molar-refractivity contribution >= 4 is 17.4 Å². The van der Waals surface area contributed by atoms with Gasteiger partial charge >= 0.3 is 0 Å². The number of halogens is 1. The van der Waals surface area contributed by atoms with E-state index in [4.69, 9.17) is 21.4 Å². The third-order valence-corrected chi connectivity index (χ3v) is 3.21. The fourth-order valence-electron chi connectivity index (χ4n) is 2.40. The molecule has 0 radical (unpaired) electrons. The number of hydrogen-bond donors (Lipinski definition) is 1. The first kappa shape index (κ1) is 13.6. The van der Waals surface area contributed by atoms with Crippen LogP contribution in [0.1, 0.15) is 26.3 Å². The number of aliphatic hydroxyl groups is 1. The summed E-state index contributed by atoms with van der Waals surface area (Å²) < 4.78 is 5.86. The van der Waals surface area contributed by atoms with Gasteiger partial charge in [0.15, 0.2) is 0 Å². The molecule has 1 atom stereocenters. The lowest BCUT2D eigenvalue weighted by Crippen LogP contribution is -2.52. The molecule has 2 rings (SSSR count). The minimum absolute atomic E-state index is 0.0436. The van der Waals surface area contributed by atoms with Crippen molar-refractivity contribution in [2.45, 2.75) is 39.1 Å². The van der Waals surface area contributed by atoms with Crippen LogP contribution in [0.3, 0.4) is 0 Å². The molecule has 0 amide bonds. The van der Waals surface area contributed by atoms with Gasteiger partial charge < -0.3 is 14.7 Å². The third-order valence-electron chi connectivity index (χ3n) is 2.93. The summed E-state index contributed by atoms with van der Waals surface area (Å²) >= 11 is 6.23. The maximum absolute atomic E-state index is 9.06. The lowest BCUT2D eigenvalue weighted by molar-refractivity contribution is -0.0751. The van der Waals surface area contributed by atoms with E-state index in [1.54, 1.807) is 12.3 Å². The molecule has 5 heteroatoms. The van der Waals surface area contributed by atoms with Crippen LogP contribution in [0.15, 0.2) is 12.3 Å². The van der Waals surface area contributed by atoms with E-state index < -0.39 is 0 Å². The molecule has 0 spiro atoms. The molecule has 1 aromatic heterocycles. The number of morpholine rings is 1. The van der Waals surface area contributed by atoms with E-state index in [1.165, 1.54) is 0 Å². The first-order chi connectivity index (χ1) is 8.41. The van der Waals surface area contributed by atoms with Crippen molar-refractivity contribution in [2.75, 3.05) is 18.0 Å². The Kier molecular flexibility index (Phi) is 3.80. The number of aliphatic hydroxyl groups excluding tert-OH is 1. The van der Waals surface area contributed by atoms with E-state index in [0.29, 0.717) is 5.02 Å². The highest BCUT2D eigenvalue weighted by atomic mass is 35.5. The minimum Gasteiger partial charge on any atom is -0.392 e. The predicted molar refractivity (Wildman–Crippen MR) is 72.0 cm³/mol. The fraction of sp³-hybridized carbons (Fsp3) is 0.615. The Balaban J connectivity index is 2.25. The van der Waals surface area contributed by atoms with Crippen molar-refractivity contribution in [1.29, 1.82) is 0 Å². The highest BCUT2D eigenvalue weighted by Gasteiger charge is 2.32. The average Bonchev–Trinajstić information content (AvgIpc) is 2.25. The molecular weight excluding hydrogens is 252 g/mol. The Morgan fingerprint density at radius 2 is 2.33 bits per heavy atom. The highest BCUT2D eigenvalue weighted by Crippen LogP contribution is 2.29. The summed E-state index contributed by atoms with van der Waals surface area (Å²) in [7, 11) is 0. The van der Waals surface area contributed by atoms with Crippen LogP contribution < -0.4 is 4.90 Å². The summed E-state index contributed by atoms with van der Waals surface area (Å²) in [6, 6.07) is 1.76. The number of anilines is 1. The first-order valence-corrected chi connectivity index (χ1v) is 6.47. The van der Waals surface area contributed by atoms with Crippen LogP contribution in [0, 0.1) is 0 Å². The molecule has 18 heavy (non-hydrogen) atoms. The number of aromatic nitrogens is 1. The van der Waals surface area contributed by atoms with Gasteiger partial charge in [-0.1, -0.05) is 11.6 Å². The maximum Gasteiger partial charge on any atom is 0.147 e. The topological polar surface area (TPSA) is 45.6 Å². The fourth-order valence-corrected chi connectivity index (χ4v) is 2.71. The summed E-state index contributed by atoms with van der Waals surface area (Å²) in [5.41, 5.74) is 0.516. The second kappa shape index (κ2) is 5.03. The van der Waals surface area contributed by atoms with Crippen LogP contribution in [-0.4, -0.2) is 34.9 Å². The zero-order chi connectivity index (χ0) is 13.3. The summed E-state index contributed by atoms with van der Waals surface area (Å²) in [4.78, 5) is 6.49. The molecule has 2 heterocycles. The van der Waals surface area contributed by atoms with Gasteiger partial charge in [0, 0.05) is 19.3 Å². The van der Waals surface area contributed by atoms with Crippen LogP contribution in [-0.2, 0) is 11.3 Å². The third kappa shape index (κ3) is 2.94. The van der Waals surface area contributed by atoms with Crippen LogP contribution in [0.5, 0.6) is 0 Å². The lowest BCUT2D eigenvalue weighted by atomic mass is 10.1. The van der Waals surface area contributed by atoms with Crippen molar-refractivity contribution in [3.05, 3.63) is 22.8 Å². The van der Waals surface area contributed by atoms with Crippen LogP contribution in [0.25, 0.3) is 0 Å². The molecule has 0 aliphatic carbocycles. The molecule has 1 aromatic rings. The van der Waals surface area contributed by atoms with Crippen LogP contribution in [0.4, 0.5) is 5.82 Å². The van der Waals surface area contributed by atoms with Gasteiger partial charge in [-0.3, -0.25) is 0 Å². The van der Waals surface area contributed by atoms with E-state index in [2.05, 4.69) is 23.7 Å². The smallest absolute Gasteiger partial charge is 0.147 e. The number of rotatable bonds is 2. The zero-order valence-electron chi connectivity index (χ0n) is 11.0. The van der Waals surface area contributed by atoms with Crippen LogP contribution in [0.2, 0.25) is 5.02 Å². The monoisotopic (exact) mass is 270 g/mol. The Morgan fingerprint density at radius 1 is 1.61 bits per heavy atom. The van der Waals surface area contributed by atoms with E-state index in [0.717, 1.165) is 24.5 Å². The first-order valence-electron chi connectivity index (χ1n) is 6.09. The van der Waals surface area contributed by atoms with Crippen molar-refractivity contribution in [1.82, 2.24) is 4.98 Å². The van der Waals surface area contributed by atoms with Gasteiger partial charge in [0.2, 0.25) is 0 Å². The number of nitrogens with zero attached hydrogens (tertiary/aromatic N) is 2. The van der Waals surface area contributed by atoms with Gasteiger partial charge in [0.05, 0.1) is 23.3 Å². The summed E-state index contributed by atoms with van der Waals surface area (Å²) in [5.74, 6) is 0.761. The summed E-state index contributed by atoms with van der Waals surface area (Å²) in [6.07, 6.45) is 1.80. The quantitative estimate of drug-likeness (QED) is 0.895. The molecule has 100 valence electrons. The predicted octanol–water partition coefficient (Wildman–Crippen LogP) is 2.23. The van der Waals surface area contributed by atoms with Gasteiger partial charge in [-0.15, -0.1) is 0 Å². The van der Waals surface area contributed by atoms with E-state index in [1.807, 2.05) is 6.92 Å².